The van der Waals surface area contributed by atoms with Crippen molar-refractivity contribution in [3.63, 3.8) is 0 Å². The summed E-state index contributed by atoms with van der Waals surface area (Å²) in [6.07, 6.45) is 3.81. The molecule has 1 aromatic rings. The molecule has 2 heterocycles. The normalized spacial score (nSPS) is 26.3. The molecule has 0 radical (unpaired) electrons. The maximum absolute atomic E-state index is 5.81. The summed E-state index contributed by atoms with van der Waals surface area (Å²) in [5.41, 5.74) is 7.23. The third-order valence-electron chi connectivity index (χ3n) is 3.83. The molecule has 1 aromatic heterocycles. The number of aromatic nitrogens is 2. The van der Waals surface area contributed by atoms with Crippen molar-refractivity contribution in [2.75, 3.05) is 18.1 Å². The summed E-state index contributed by atoms with van der Waals surface area (Å²) in [4.78, 5) is 11.6. The Morgan fingerprint density at radius 3 is 3.11 bits per heavy atom. The molecule has 0 aromatic carbocycles. The van der Waals surface area contributed by atoms with Gasteiger partial charge in [0.05, 0.1) is 18.8 Å². The van der Waals surface area contributed by atoms with Gasteiger partial charge in [0.2, 0.25) is 5.95 Å². The Labute approximate surface area is 118 Å². The molecule has 6 heteroatoms. The van der Waals surface area contributed by atoms with E-state index in [-0.39, 0.29) is 0 Å². The molecule has 3 rings (SSSR count). The van der Waals surface area contributed by atoms with Gasteiger partial charge in [-0.15, -0.1) is 0 Å². The van der Waals surface area contributed by atoms with E-state index < -0.39 is 0 Å². The minimum Gasteiger partial charge on any atom is -0.388 e. The van der Waals surface area contributed by atoms with E-state index in [1.807, 2.05) is 13.0 Å². The Morgan fingerprint density at radius 1 is 1.47 bits per heavy atom. The summed E-state index contributed by atoms with van der Waals surface area (Å²) in [5.74, 6) is 0.739. The van der Waals surface area contributed by atoms with E-state index in [4.69, 9.17) is 22.7 Å². The number of hydrogen-bond acceptors (Lipinski definition) is 5. The second kappa shape index (κ2) is 5.02. The van der Waals surface area contributed by atoms with Crippen molar-refractivity contribution in [3.05, 3.63) is 17.5 Å². The van der Waals surface area contributed by atoms with Gasteiger partial charge in [-0.25, -0.2) is 9.97 Å². The topological polar surface area (TPSA) is 64.3 Å². The van der Waals surface area contributed by atoms with Gasteiger partial charge >= 0.3 is 0 Å². The summed E-state index contributed by atoms with van der Waals surface area (Å²) < 4.78 is 5.81. The molecule has 1 aliphatic heterocycles. The van der Waals surface area contributed by atoms with Crippen LogP contribution in [0.15, 0.2) is 6.07 Å². The van der Waals surface area contributed by atoms with Crippen LogP contribution in [0.3, 0.4) is 0 Å². The molecule has 2 N–H and O–H groups in total. The molecule has 1 saturated heterocycles. The van der Waals surface area contributed by atoms with Crippen LogP contribution in [0.4, 0.5) is 5.95 Å². The van der Waals surface area contributed by atoms with E-state index >= 15 is 0 Å². The molecule has 0 amide bonds. The second-order valence-corrected chi connectivity index (χ2v) is 5.60. The first-order chi connectivity index (χ1) is 9.15. The van der Waals surface area contributed by atoms with Gasteiger partial charge in [-0.3, -0.25) is 0 Å². The van der Waals surface area contributed by atoms with Gasteiger partial charge in [-0.2, -0.15) is 0 Å². The van der Waals surface area contributed by atoms with Crippen LogP contribution < -0.4 is 10.6 Å². The summed E-state index contributed by atoms with van der Waals surface area (Å²) in [5, 5.41) is 0. The summed E-state index contributed by atoms with van der Waals surface area (Å²) in [6.45, 7) is 3.52. The zero-order chi connectivity index (χ0) is 13.4. The highest BCUT2D eigenvalue weighted by Crippen LogP contribution is 2.31. The Hall–Kier alpha value is -1.27. The standard InChI is InChI=1S/C13H18N4OS/c1-8-7-9(12(14)19)16-13(15-8)17-5-6-18-11-4-2-3-10(11)17/h7,10-11H,2-6H2,1H3,(H2,14,19). The fourth-order valence-electron chi connectivity index (χ4n) is 2.98. The highest BCUT2D eigenvalue weighted by molar-refractivity contribution is 7.80. The van der Waals surface area contributed by atoms with Crippen molar-refractivity contribution in [2.45, 2.75) is 38.3 Å². The Balaban J connectivity index is 1.94. The van der Waals surface area contributed by atoms with Crippen LogP contribution in [-0.4, -0.2) is 40.3 Å². The molecule has 1 saturated carbocycles. The van der Waals surface area contributed by atoms with Crippen molar-refractivity contribution >= 4 is 23.2 Å². The minimum absolute atomic E-state index is 0.322. The molecule has 2 aliphatic rings. The van der Waals surface area contributed by atoms with E-state index in [1.54, 1.807) is 0 Å². The number of anilines is 1. The third-order valence-corrected chi connectivity index (χ3v) is 4.04. The second-order valence-electron chi connectivity index (χ2n) is 5.16. The quantitative estimate of drug-likeness (QED) is 0.820. The summed E-state index contributed by atoms with van der Waals surface area (Å²) >= 11 is 5.02. The zero-order valence-corrected chi connectivity index (χ0v) is 11.8. The van der Waals surface area contributed by atoms with E-state index in [2.05, 4.69) is 14.9 Å². The van der Waals surface area contributed by atoms with Gasteiger partial charge in [0.1, 0.15) is 10.7 Å². The molecule has 5 nitrogen and oxygen atoms in total. The lowest BCUT2D eigenvalue weighted by molar-refractivity contribution is 0.0249. The van der Waals surface area contributed by atoms with Crippen LogP contribution in [0.2, 0.25) is 0 Å². The van der Waals surface area contributed by atoms with E-state index in [1.165, 1.54) is 6.42 Å². The van der Waals surface area contributed by atoms with Crippen LogP contribution in [0.25, 0.3) is 0 Å². The van der Waals surface area contributed by atoms with Crippen molar-refractivity contribution in [1.29, 1.82) is 0 Å². The van der Waals surface area contributed by atoms with Gasteiger partial charge in [0.15, 0.2) is 0 Å². The number of aryl methyl sites for hydroxylation is 1. The molecular weight excluding hydrogens is 260 g/mol. The van der Waals surface area contributed by atoms with Gasteiger partial charge in [0, 0.05) is 12.2 Å². The predicted octanol–water partition coefficient (Wildman–Crippen LogP) is 1.18. The first-order valence-electron chi connectivity index (χ1n) is 6.69. The molecule has 2 unspecified atom stereocenters. The molecule has 19 heavy (non-hydrogen) atoms. The Bertz CT molecular complexity index is 507. The highest BCUT2D eigenvalue weighted by atomic mass is 32.1. The monoisotopic (exact) mass is 278 g/mol. The molecular formula is C13H18N4OS. The average molecular weight is 278 g/mol. The largest absolute Gasteiger partial charge is 0.388 e. The smallest absolute Gasteiger partial charge is 0.226 e. The number of ether oxygens (including phenoxy) is 1. The molecule has 2 atom stereocenters. The predicted molar refractivity (Wildman–Crippen MR) is 77.4 cm³/mol. The maximum atomic E-state index is 5.81. The molecule has 0 spiro atoms. The number of rotatable bonds is 2. The lowest BCUT2D eigenvalue weighted by atomic mass is 10.1. The SMILES string of the molecule is Cc1cc(C(N)=S)nc(N2CCOC3CCCC32)n1. The van der Waals surface area contributed by atoms with Crippen molar-refractivity contribution in [2.24, 2.45) is 5.73 Å². The van der Waals surface area contributed by atoms with E-state index in [0.29, 0.717) is 22.8 Å². The number of nitrogens with zero attached hydrogens (tertiary/aromatic N) is 3. The first-order valence-corrected chi connectivity index (χ1v) is 7.10. The maximum Gasteiger partial charge on any atom is 0.226 e. The van der Waals surface area contributed by atoms with Crippen LogP contribution in [-0.2, 0) is 4.74 Å². The summed E-state index contributed by atoms with van der Waals surface area (Å²) in [7, 11) is 0. The number of hydrogen-bond donors (Lipinski definition) is 1. The van der Waals surface area contributed by atoms with Crippen molar-refractivity contribution < 1.29 is 4.74 Å². The number of thiocarbonyl (C=S) groups is 1. The number of nitrogens with two attached hydrogens (primary N) is 1. The molecule has 0 bridgehead atoms. The summed E-state index contributed by atoms with van der Waals surface area (Å²) in [6, 6.07) is 2.23. The Kier molecular flexibility index (Phi) is 3.36. The number of fused-ring (bicyclic) bond motifs is 1. The van der Waals surface area contributed by atoms with Crippen molar-refractivity contribution in [1.82, 2.24) is 9.97 Å². The minimum atomic E-state index is 0.322. The third kappa shape index (κ3) is 2.42. The van der Waals surface area contributed by atoms with Crippen LogP contribution in [0, 0.1) is 6.92 Å². The van der Waals surface area contributed by atoms with E-state index in [9.17, 15) is 0 Å². The zero-order valence-electron chi connectivity index (χ0n) is 11.0. The van der Waals surface area contributed by atoms with Crippen LogP contribution in [0.5, 0.6) is 0 Å². The molecule has 2 fully saturated rings. The van der Waals surface area contributed by atoms with Crippen molar-refractivity contribution in [3.8, 4) is 0 Å². The van der Waals surface area contributed by atoms with Crippen LogP contribution in [0.1, 0.15) is 30.7 Å². The molecule has 102 valence electrons. The van der Waals surface area contributed by atoms with Gasteiger partial charge < -0.3 is 15.4 Å². The van der Waals surface area contributed by atoms with E-state index in [0.717, 1.165) is 37.6 Å². The fraction of sp³-hybridized carbons (Fsp3) is 0.615. The Morgan fingerprint density at radius 2 is 2.32 bits per heavy atom. The van der Waals surface area contributed by atoms with Crippen LogP contribution >= 0.6 is 12.2 Å². The molecule has 1 aliphatic carbocycles. The lowest BCUT2D eigenvalue weighted by Crippen LogP contribution is -2.49. The first kappa shape index (κ1) is 12.7. The average Bonchev–Trinajstić information content (AvgIpc) is 2.85. The van der Waals surface area contributed by atoms with Gasteiger partial charge in [0.25, 0.3) is 0 Å². The fourth-order valence-corrected chi connectivity index (χ4v) is 3.09. The van der Waals surface area contributed by atoms with Gasteiger partial charge in [-0.1, -0.05) is 12.2 Å². The highest BCUT2D eigenvalue weighted by Gasteiger charge is 2.37. The number of morpholine rings is 1. The lowest BCUT2D eigenvalue weighted by Gasteiger charge is -2.37. The van der Waals surface area contributed by atoms with Gasteiger partial charge in [-0.05, 0) is 32.3 Å².